The lowest BCUT2D eigenvalue weighted by Crippen LogP contribution is -2.54. The molecular formula is C18H25FN2OSi. The lowest BCUT2D eigenvalue weighted by molar-refractivity contribution is -0.130. The van der Waals surface area contributed by atoms with Gasteiger partial charge in [0, 0.05) is 38.6 Å². The first kappa shape index (κ1) is 16.6. The molecule has 0 bridgehead atoms. The molecule has 0 aromatic heterocycles. The van der Waals surface area contributed by atoms with Gasteiger partial charge in [-0.15, -0.1) is 0 Å². The van der Waals surface area contributed by atoms with Crippen molar-refractivity contribution in [3.63, 3.8) is 0 Å². The van der Waals surface area contributed by atoms with Crippen LogP contribution in [-0.4, -0.2) is 63.6 Å². The van der Waals surface area contributed by atoms with E-state index in [1.807, 2.05) is 17.9 Å². The van der Waals surface area contributed by atoms with E-state index >= 15 is 0 Å². The minimum atomic E-state index is -0.807. The van der Waals surface area contributed by atoms with Crippen molar-refractivity contribution in [2.75, 3.05) is 26.2 Å². The number of rotatable bonds is 4. The molecule has 0 aromatic rings. The van der Waals surface area contributed by atoms with E-state index in [4.69, 9.17) is 0 Å². The number of carbonyl (C=O) groups is 1. The van der Waals surface area contributed by atoms with Crippen LogP contribution in [0.25, 0.3) is 0 Å². The molecule has 3 atom stereocenters. The molecule has 2 heterocycles. The van der Waals surface area contributed by atoms with Crippen molar-refractivity contribution in [1.82, 2.24) is 9.80 Å². The molecule has 3 aliphatic rings. The molecular weight excluding hydrogens is 307 g/mol. The van der Waals surface area contributed by atoms with Gasteiger partial charge in [0.2, 0.25) is 5.91 Å². The maximum Gasteiger partial charge on any atom is 0.246 e. The summed E-state index contributed by atoms with van der Waals surface area (Å²) in [4.78, 5) is 16.2. The summed E-state index contributed by atoms with van der Waals surface area (Å²) in [5, 5.41) is 0.214. The van der Waals surface area contributed by atoms with Gasteiger partial charge in [0.05, 0.1) is 9.52 Å². The number of allylic oxidation sites excluding steroid dienone is 3. The Hall–Kier alpha value is -1.20. The van der Waals surface area contributed by atoms with Crippen molar-refractivity contribution < 1.29 is 9.18 Å². The SMILES string of the molecule is C=CC(=O)N1CCN(C[C@@]2(C3=CC=C(C)C(F)C3)C[Si]2)C[C@H]1C. The summed E-state index contributed by atoms with van der Waals surface area (Å²) >= 11 is 0. The van der Waals surface area contributed by atoms with Crippen molar-refractivity contribution in [3.8, 4) is 0 Å². The summed E-state index contributed by atoms with van der Waals surface area (Å²) in [7, 11) is 0.911. The quantitative estimate of drug-likeness (QED) is 0.584. The zero-order valence-corrected chi connectivity index (χ0v) is 15.0. The average Bonchev–Trinajstić information content (AvgIpc) is 3.30. The normalized spacial score (nSPS) is 34.7. The largest absolute Gasteiger partial charge is 0.334 e. The molecule has 0 saturated carbocycles. The van der Waals surface area contributed by atoms with Gasteiger partial charge >= 0.3 is 0 Å². The fourth-order valence-electron chi connectivity index (χ4n) is 3.66. The molecule has 3 nitrogen and oxygen atoms in total. The Morgan fingerprint density at radius 2 is 2.26 bits per heavy atom. The number of hydrogen-bond donors (Lipinski definition) is 0. The van der Waals surface area contributed by atoms with Crippen LogP contribution in [0.3, 0.4) is 0 Å². The highest BCUT2D eigenvalue weighted by Gasteiger charge is 2.49. The maximum absolute atomic E-state index is 14.0. The zero-order valence-electron chi connectivity index (χ0n) is 14.0. The van der Waals surface area contributed by atoms with Gasteiger partial charge in [0.1, 0.15) is 6.17 Å². The second kappa shape index (κ2) is 6.36. The van der Waals surface area contributed by atoms with Crippen LogP contribution in [0.1, 0.15) is 20.3 Å². The van der Waals surface area contributed by atoms with Crippen LogP contribution < -0.4 is 0 Å². The van der Waals surface area contributed by atoms with Gasteiger partial charge in [-0.2, -0.15) is 0 Å². The Balaban J connectivity index is 1.62. The van der Waals surface area contributed by atoms with Crippen molar-refractivity contribution >= 4 is 15.4 Å². The monoisotopic (exact) mass is 332 g/mol. The number of piperazine rings is 1. The van der Waals surface area contributed by atoms with Gasteiger partial charge in [0.15, 0.2) is 0 Å². The Morgan fingerprint density at radius 3 is 2.83 bits per heavy atom. The maximum atomic E-state index is 14.0. The van der Waals surface area contributed by atoms with Gasteiger partial charge in [-0.05, 0) is 30.5 Å². The Kier molecular flexibility index (Phi) is 4.60. The van der Waals surface area contributed by atoms with Crippen LogP contribution in [-0.2, 0) is 4.79 Å². The van der Waals surface area contributed by atoms with E-state index in [1.165, 1.54) is 17.7 Å². The Morgan fingerprint density at radius 1 is 1.52 bits per heavy atom. The van der Waals surface area contributed by atoms with Crippen LogP contribution in [0, 0.1) is 0 Å². The van der Waals surface area contributed by atoms with Crippen LogP contribution in [0.5, 0.6) is 0 Å². The Labute approximate surface area is 140 Å². The molecule has 0 N–H and O–H groups in total. The molecule has 5 heteroatoms. The second-order valence-electron chi connectivity index (χ2n) is 7.03. The molecule has 2 radical (unpaired) electrons. The van der Waals surface area contributed by atoms with Crippen molar-refractivity contribution in [2.24, 2.45) is 0 Å². The standard InChI is InChI=1S/C18H25FN2OSi/c1-4-17(22)21-8-7-20(10-14(21)3)11-18(12-23-18)15-6-5-13(2)16(19)9-15/h4-6,14,16H,1,7-12H2,2-3H3/t14-,16?,18+/m1/s1. The average molecular weight is 332 g/mol. The van der Waals surface area contributed by atoms with Crippen LogP contribution in [0.4, 0.5) is 4.39 Å². The van der Waals surface area contributed by atoms with Gasteiger partial charge in [0.25, 0.3) is 0 Å². The predicted molar refractivity (Wildman–Crippen MR) is 92.4 cm³/mol. The van der Waals surface area contributed by atoms with Gasteiger partial charge in [-0.3, -0.25) is 9.69 Å². The lowest BCUT2D eigenvalue weighted by Gasteiger charge is -2.41. The number of amides is 1. The molecule has 1 aliphatic carbocycles. The minimum Gasteiger partial charge on any atom is -0.334 e. The van der Waals surface area contributed by atoms with E-state index in [1.54, 1.807) is 0 Å². The first-order valence-corrected chi connectivity index (χ1v) is 9.58. The summed E-state index contributed by atoms with van der Waals surface area (Å²) in [6.45, 7) is 11.1. The summed E-state index contributed by atoms with van der Waals surface area (Å²) in [5.41, 5.74) is 2.14. The highest BCUT2D eigenvalue weighted by atomic mass is 28.2. The van der Waals surface area contributed by atoms with E-state index in [-0.39, 0.29) is 17.0 Å². The predicted octanol–water partition coefficient (Wildman–Crippen LogP) is 2.61. The molecule has 3 rings (SSSR count). The highest BCUT2D eigenvalue weighted by Crippen LogP contribution is 2.56. The van der Waals surface area contributed by atoms with E-state index < -0.39 is 6.17 Å². The fourth-order valence-corrected chi connectivity index (χ4v) is 4.96. The van der Waals surface area contributed by atoms with Crippen molar-refractivity contribution in [1.29, 1.82) is 0 Å². The molecule has 0 spiro atoms. The van der Waals surface area contributed by atoms with Gasteiger partial charge in [-0.25, -0.2) is 4.39 Å². The summed E-state index contributed by atoms with van der Waals surface area (Å²) < 4.78 is 14.0. The first-order valence-electron chi connectivity index (χ1n) is 8.37. The molecule has 2 saturated heterocycles. The lowest BCUT2D eigenvalue weighted by atomic mass is 9.88. The van der Waals surface area contributed by atoms with Crippen molar-refractivity contribution in [2.45, 2.75) is 43.6 Å². The van der Waals surface area contributed by atoms with E-state index in [2.05, 4.69) is 24.5 Å². The summed E-state index contributed by atoms with van der Waals surface area (Å²) in [6, 6.07) is 1.41. The van der Waals surface area contributed by atoms with E-state index in [9.17, 15) is 9.18 Å². The molecule has 23 heavy (non-hydrogen) atoms. The summed E-state index contributed by atoms with van der Waals surface area (Å²) in [6.07, 6.45) is 5.28. The Bertz CT molecular complexity index is 567. The van der Waals surface area contributed by atoms with Crippen LogP contribution in [0.2, 0.25) is 11.1 Å². The number of hydrogen-bond acceptors (Lipinski definition) is 2. The molecule has 1 unspecified atom stereocenters. The second-order valence-corrected chi connectivity index (χ2v) is 8.69. The molecule has 124 valence electrons. The number of carbonyl (C=O) groups excluding carboxylic acids is 1. The zero-order chi connectivity index (χ0) is 16.6. The smallest absolute Gasteiger partial charge is 0.246 e. The molecule has 2 fully saturated rings. The third-order valence-electron chi connectivity index (χ3n) is 5.32. The number of alkyl halides is 1. The molecule has 2 aliphatic heterocycles. The van der Waals surface area contributed by atoms with Gasteiger partial charge in [-0.1, -0.05) is 30.3 Å². The molecule has 0 aromatic carbocycles. The number of nitrogens with zero attached hydrogens (tertiary/aromatic N) is 2. The van der Waals surface area contributed by atoms with Crippen molar-refractivity contribution in [3.05, 3.63) is 36.0 Å². The van der Waals surface area contributed by atoms with E-state index in [0.29, 0.717) is 6.42 Å². The minimum absolute atomic E-state index is 0.0241. The summed E-state index contributed by atoms with van der Waals surface area (Å²) in [5.74, 6) is 0.0241. The van der Waals surface area contributed by atoms with Crippen LogP contribution >= 0.6 is 0 Å². The topological polar surface area (TPSA) is 23.6 Å². The molecule has 1 amide bonds. The van der Waals surface area contributed by atoms with Crippen LogP contribution in [0.15, 0.2) is 36.0 Å². The highest BCUT2D eigenvalue weighted by molar-refractivity contribution is 6.55. The number of halogens is 1. The third kappa shape index (κ3) is 3.36. The fraction of sp³-hybridized carbons (Fsp3) is 0.611. The van der Waals surface area contributed by atoms with Gasteiger partial charge < -0.3 is 4.90 Å². The third-order valence-corrected chi connectivity index (χ3v) is 7.01. The first-order chi connectivity index (χ1) is 10.9. The van der Waals surface area contributed by atoms with E-state index in [0.717, 1.165) is 41.3 Å².